The molecule has 0 unspecified atom stereocenters. The maximum Gasteiger partial charge on any atom is 0.209 e. The first-order valence-corrected chi connectivity index (χ1v) is 8.94. The van der Waals surface area contributed by atoms with Gasteiger partial charge >= 0.3 is 0 Å². The van der Waals surface area contributed by atoms with Gasteiger partial charge in [-0.1, -0.05) is 23.5 Å². The number of rotatable bonds is 4. The predicted molar refractivity (Wildman–Crippen MR) is 101 cm³/mol. The van der Waals surface area contributed by atoms with Gasteiger partial charge in [0, 0.05) is 12.0 Å². The van der Waals surface area contributed by atoms with Gasteiger partial charge in [-0.15, -0.1) is 0 Å². The molecule has 0 radical (unpaired) electrons. The van der Waals surface area contributed by atoms with E-state index in [1.165, 1.54) is 11.3 Å². The van der Waals surface area contributed by atoms with Crippen LogP contribution in [0.25, 0.3) is 10.2 Å². The molecule has 0 saturated carbocycles. The van der Waals surface area contributed by atoms with Gasteiger partial charge in [0.2, 0.25) is 10.9 Å². The van der Waals surface area contributed by atoms with Crippen molar-refractivity contribution in [3.8, 4) is 5.75 Å². The zero-order valence-corrected chi connectivity index (χ0v) is 14.8. The molecule has 6 heteroatoms. The molecule has 2 aromatic carbocycles. The molecule has 0 atom stereocenters. The fourth-order valence-corrected chi connectivity index (χ4v) is 3.63. The van der Waals surface area contributed by atoms with Gasteiger partial charge in [0.15, 0.2) is 0 Å². The molecule has 3 aromatic rings. The van der Waals surface area contributed by atoms with Crippen molar-refractivity contribution >= 4 is 38.2 Å². The normalized spacial score (nSPS) is 15.2. The van der Waals surface area contributed by atoms with Crippen molar-refractivity contribution in [2.75, 3.05) is 5.43 Å². The summed E-state index contributed by atoms with van der Waals surface area (Å²) in [4.78, 5) is 17.0. The van der Waals surface area contributed by atoms with Crippen LogP contribution in [0.5, 0.6) is 5.75 Å². The van der Waals surface area contributed by atoms with Gasteiger partial charge < -0.3 is 4.74 Å². The highest BCUT2D eigenvalue weighted by molar-refractivity contribution is 7.22. The number of ether oxygens (including phenoxy) is 1. The molecule has 1 aliphatic carbocycles. The van der Waals surface area contributed by atoms with Gasteiger partial charge in [-0.2, -0.15) is 5.10 Å². The molecule has 0 spiro atoms. The Morgan fingerprint density at radius 3 is 2.88 bits per heavy atom. The fourth-order valence-electron chi connectivity index (χ4n) is 2.83. The van der Waals surface area contributed by atoms with E-state index in [4.69, 9.17) is 4.74 Å². The van der Waals surface area contributed by atoms with Gasteiger partial charge in [0.1, 0.15) is 11.5 Å². The minimum Gasteiger partial charge on any atom is -0.491 e. The monoisotopic (exact) mass is 351 g/mol. The van der Waals surface area contributed by atoms with Gasteiger partial charge in [0.05, 0.1) is 16.3 Å². The highest BCUT2D eigenvalue weighted by Gasteiger charge is 2.27. The number of carbonyl (C=O) groups is 1. The molecule has 126 valence electrons. The quantitative estimate of drug-likeness (QED) is 0.712. The highest BCUT2D eigenvalue weighted by Crippen LogP contribution is 2.28. The molecule has 0 aliphatic heterocycles. The van der Waals surface area contributed by atoms with Gasteiger partial charge in [-0.3, -0.25) is 10.2 Å². The van der Waals surface area contributed by atoms with Crippen LogP contribution in [0.4, 0.5) is 5.13 Å². The molecule has 0 saturated heterocycles. The average Bonchev–Trinajstić information content (AvgIpc) is 3.13. The lowest BCUT2D eigenvalue weighted by Crippen LogP contribution is -2.10. The number of nitrogens with one attached hydrogen (secondary N) is 1. The third-order valence-electron chi connectivity index (χ3n) is 3.89. The summed E-state index contributed by atoms with van der Waals surface area (Å²) in [5.41, 5.74) is 6.00. The Hall–Kier alpha value is -2.73. The summed E-state index contributed by atoms with van der Waals surface area (Å²) in [6.07, 6.45) is 0.602. The lowest BCUT2D eigenvalue weighted by molar-refractivity contribution is 0.106. The Balaban J connectivity index is 1.54. The highest BCUT2D eigenvalue weighted by atomic mass is 32.1. The largest absolute Gasteiger partial charge is 0.491 e. The number of hydrazone groups is 1. The second-order valence-corrected chi connectivity index (χ2v) is 7.18. The van der Waals surface area contributed by atoms with Crippen LogP contribution in [0.2, 0.25) is 0 Å². The number of anilines is 1. The van der Waals surface area contributed by atoms with E-state index in [1.54, 1.807) is 0 Å². The molecular formula is C19H17N3O2S. The van der Waals surface area contributed by atoms with Crippen LogP contribution in [-0.4, -0.2) is 22.6 Å². The summed E-state index contributed by atoms with van der Waals surface area (Å²) < 4.78 is 6.78. The number of para-hydroxylation sites is 1. The molecule has 1 aromatic heterocycles. The van der Waals surface area contributed by atoms with Crippen LogP contribution in [0.15, 0.2) is 47.6 Å². The molecule has 25 heavy (non-hydrogen) atoms. The van der Waals surface area contributed by atoms with Crippen LogP contribution < -0.4 is 10.2 Å². The Labute approximate surface area is 149 Å². The lowest BCUT2D eigenvalue weighted by Gasteiger charge is -2.10. The minimum absolute atomic E-state index is 0.0419. The second-order valence-electron chi connectivity index (χ2n) is 6.15. The first-order valence-electron chi connectivity index (χ1n) is 8.12. The van der Waals surface area contributed by atoms with E-state index in [1.807, 2.05) is 56.3 Å². The number of thiazole rings is 1. The first kappa shape index (κ1) is 15.8. The molecule has 1 N–H and O–H groups in total. The van der Waals surface area contributed by atoms with Crippen molar-refractivity contribution in [3.05, 3.63) is 53.6 Å². The summed E-state index contributed by atoms with van der Waals surface area (Å²) in [5.74, 6) is 0.738. The van der Waals surface area contributed by atoms with Crippen LogP contribution in [-0.2, 0) is 6.42 Å². The average molecular weight is 351 g/mol. The zero-order chi connectivity index (χ0) is 17.4. The summed E-state index contributed by atoms with van der Waals surface area (Å²) in [5, 5.41) is 4.98. The molecule has 0 amide bonds. The van der Waals surface area contributed by atoms with E-state index in [0.717, 1.165) is 21.5 Å². The molecule has 5 nitrogen and oxygen atoms in total. The zero-order valence-electron chi connectivity index (χ0n) is 13.9. The molecular weight excluding hydrogens is 334 g/mol. The van der Waals surface area contributed by atoms with Crippen molar-refractivity contribution in [3.63, 3.8) is 0 Å². The van der Waals surface area contributed by atoms with Crippen LogP contribution in [0.1, 0.15) is 29.8 Å². The van der Waals surface area contributed by atoms with Crippen LogP contribution in [0.3, 0.4) is 0 Å². The lowest BCUT2D eigenvalue weighted by atomic mass is 10.1. The third kappa shape index (κ3) is 3.13. The predicted octanol–water partition coefficient (Wildman–Crippen LogP) is 4.29. The third-order valence-corrected chi connectivity index (χ3v) is 4.83. The Kier molecular flexibility index (Phi) is 3.97. The summed E-state index contributed by atoms with van der Waals surface area (Å²) in [6, 6.07) is 13.5. The van der Waals surface area contributed by atoms with Crippen molar-refractivity contribution in [1.82, 2.24) is 4.98 Å². The number of fused-ring (bicyclic) bond motifs is 2. The Bertz CT molecular complexity index is 958. The molecule has 4 rings (SSSR count). The van der Waals surface area contributed by atoms with Gasteiger partial charge in [0.25, 0.3) is 0 Å². The number of nitrogens with zero attached hydrogens (tertiary/aromatic N) is 2. The number of Topliss-reactive ketones (excluding diaryl/α,β-unsaturated/α-hetero) is 1. The van der Waals surface area contributed by atoms with Gasteiger partial charge in [-0.25, -0.2) is 4.98 Å². The number of hydrogen-bond acceptors (Lipinski definition) is 6. The topological polar surface area (TPSA) is 63.6 Å². The molecule has 0 fully saturated rings. The maximum absolute atomic E-state index is 12.5. The van der Waals surface area contributed by atoms with Crippen LogP contribution in [0, 0.1) is 0 Å². The minimum atomic E-state index is -0.0419. The van der Waals surface area contributed by atoms with E-state index in [0.29, 0.717) is 22.8 Å². The number of benzene rings is 2. The number of carbonyl (C=O) groups excluding carboxylic acids is 1. The molecule has 0 bridgehead atoms. The second kappa shape index (κ2) is 6.29. The number of ketones is 1. The standard InChI is InChI=1S/C19H17N3O2S/c1-11(2)24-13-7-8-14-12(9-13)10-16(18(14)23)21-22-19-20-15-5-3-4-6-17(15)25-19/h3-9,11H,10H2,1-2H3,(H,20,22)/b21-16-. The van der Waals surface area contributed by atoms with E-state index in [9.17, 15) is 4.79 Å². The number of aromatic nitrogens is 1. The smallest absolute Gasteiger partial charge is 0.209 e. The van der Waals surface area contributed by atoms with Gasteiger partial charge in [-0.05, 0) is 49.7 Å². The van der Waals surface area contributed by atoms with E-state index >= 15 is 0 Å². The first-order chi connectivity index (χ1) is 12.1. The summed E-state index contributed by atoms with van der Waals surface area (Å²) in [7, 11) is 0. The van der Waals surface area contributed by atoms with E-state index < -0.39 is 0 Å². The van der Waals surface area contributed by atoms with Crippen molar-refractivity contribution < 1.29 is 9.53 Å². The SMILES string of the molecule is CC(C)Oc1ccc2c(c1)C/C(=N/Nc1nc3ccccc3s1)C2=O. The Morgan fingerprint density at radius 1 is 1.24 bits per heavy atom. The van der Waals surface area contributed by atoms with Crippen molar-refractivity contribution in [2.45, 2.75) is 26.4 Å². The molecule has 1 heterocycles. The summed E-state index contributed by atoms with van der Waals surface area (Å²) in [6.45, 7) is 3.96. The fraction of sp³-hybridized carbons (Fsp3) is 0.211. The van der Waals surface area contributed by atoms with Crippen LogP contribution >= 0.6 is 11.3 Å². The van der Waals surface area contributed by atoms with Crippen molar-refractivity contribution in [2.24, 2.45) is 5.10 Å². The van der Waals surface area contributed by atoms with Crippen molar-refractivity contribution in [1.29, 1.82) is 0 Å². The van der Waals surface area contributed by atoms with E-state index in [-0.39, 0.29) is 11.9 Å². The van der Waals surface area contributed by atoms with E-state index in [2.05, 4.69) is 15.5 Å². The molecule has 1 aliphatic rings. The number of hydrogen-bond donors (Lipinski definition) is 1. The maximum atomic E-state index is 12.5. The summed E-state index contributed by atoms with van der Waals surface area (Å²) >= 11 is 1.51. The Morgan fingerprint density at radius 2 is 2.08 bits per heavy atom.